The molecular formula is C11H14N2. The van der Waals surface area contributed by atoms with Crippen LogP contribution in [-0.4, -0.2) is 4.40 Å². The topological polar surface area (TPSA) is 30.4 Å². The van der Waals surface area contributed by atoms with E-state index in [0.717, 1.165) is 11.2 Å². The molecule has 0 aliphatic carbocycles. The Balaban J connectivity index is 2.75. The van der Waals surface area contributed by atoms with Crippen LogP contribution in [0.4, 0.5) is 5.69 Å². The van der Waals surface area contributed by atoms with Crippen LogP contribution in [0.5, 0.6) is 0 Å². The van der Waals surface area contributed by atoms with Gasteiger partial charge in [-0.3, -0.25) is 0 Å². The zero-order valence-electron chi connectivity index (χ0n) is 7.99. The van der Waals surface area contributed by atoms with Gasteiger partial charge in [0.2, 0.25) is 0 Å². The van der Waals surface area contributed by atoms with Crippen LogP contribution in [0, 0.1) is 0 Å². The van der Waals surface area contributed by atoms with Crippen LogP contribution in [0.15, 0.2) is 30.5 Å². The van der Waals surface area contributed by atoms with E-state index in [0.29, 0.717) is 5.92 Å². The normalized spacial score (nSPS) is 11.3. The van der Waals surface area contributed by atoms with Gasteiger partial charge in [0, 0.05) is 11.9 Å². The summed E-state index contributed by atoms with van der Waals surface area (Å²) in [6, 6.07) is 8.12. The van der Waals surface area contributed by atoms with E-state index in [4.69, 9.17) is 5.73 Å². The number of nitrogen functional groups attached to an aromatic ring is 1. The lowest BCUT2D eigenvalue weighted by Gasteiger charge is -2.06. The molecule has 2 rings (SSSR count). The largest absolute Gasteiger partial charge is 0.397 e. The molecule has 0 radical (unpaired) electrons. The van der Waals surface area contributed by atoms with Gasteiger partial charge in [-0.05, 0) is 30.2 Å². The zero-order chi connectivity index (χ0) is 9.42. The number of hydrogen-bond donors (Lipinski definition) is 1. The summed E-state index contributed by atoms with van der Waals surface area (Å²) in [6.07, 6.45) is 2.06. The Kier molecular flexibility index (Phi) is 1.76. The van der Waals surface area contributed by atoms with Crippen molar-refractivity contribution in [3.8, 4) is 0 Å². The van der Waals surface area contributed by atoms with Gasteiger partial charge in [0.15, 0.2) is 0 Å². The highest BCUT2D eigenvalue weighted by molar-refractivity contribution is 5.70. The Morgan fingerprint density at radius 2 is 2.00 bits per heavy atom. The second-order valence-electron chi connectivity index (χ2n) is 3.63. The Labute approximate surface area is 78.0 Å². The number of anilines is 1. The molecule has 0 aliphatic rings. The van der Waals surface area contributed by atoms with Crippen molar-refractivity contribution in [1.82, 2.24) is 4.40 Å². The number of nitrogens with two attached hydrogens (primary N) is 1. The maximum Gasteiger partial charge on any atom is 0.0683 e. The van der Waals surface area contributed by atoms with Crippen molar-refractivity contribution < 1.29 is 0 Å². The van der Waals surface area contributed by atoms with Crippen molar-refractivity contribution in [2.24, 2.45) is 0 Å². The van der Waals surface area contributed by atoms with Crippen LogP contribution in [0.25, 0.3) is 5.52 Å². The Morgan fingerprint density at radius 3 is 2.69 bits per heavy atom. The molecule has 2 nitrogen and oxygen atoms in total. The molecule has 0 aliphatic heterocycles. The molecule has 68 valence electrons. The first-order valence-electron chi connectivity index (χ1n) is 4.55. The van der Waals surface area contributed by atoms with Crippen LogP contribution < -0.4 is 5.73 Å². The van der Waals surface area contributed by atoms with Gasteiger partial charge >= 0.3 is 0 Å². The monoisotopic (exact) mass is 174 g/mol. The molecule has 0 aromatic carbocycles. The number of aromatic nitrogens is 1. The molecule has 2 aromatic heterocycles. The second-order valence-corrected chi connectivity index (χ2v) is 3.63. The van der Waals surface area contributed by atoms with E-state index in [9.17, 15) is 0 Å². The quantitative estimate of drug-likeness (QED) is 0.707. The summed E-state index contributed by atoms with van der Waals surface area (Å²) in [7, 11) is 0. The number of hydrogen-bond acceptors (Lipinski definition) is 1. The summed E-state index contributed by atoms with van der Waals surface area (Å²) in [4.78, 5) is 0. The van der Waals surface area contributed by atoms with Gasteiger partial charge in [0.1, 0.15) is 0 Å². The lowest BCUT2D eigenvalue weighted by atomic mass is 10.1. The van der Waals surface area contributed by atoms with Gasteiger partial charge in [-0.2, -0.15) is 0 Å². The molecule has 0 unspecified atom stereocenters. The zero-order valence-corrected chi connectivity index (χ0v) is 7.99. The van der Waals surface area contributed by atoms with E-state index in [2.05, 4.69) is 36.6 Å². The molecular weight excluding hydrogens is 160 g/mol. The van der Waals surface area contributed by atoms with Gasteiger partial charge < -0.3 is 10.1 Å². The SMILES string of the molecule is CC(C)c1ccc2c(N)cccn12. The summed E-state index contributed by atoms with van der Waals surface area (Å²) in [5.74, 6) is 0.532. The number of rotatable bonds is 1. The van der Waals surface area contributed by atoms with Gasteiger partial charge in [-0.15, -0.1) is 0 Å². The third-order valence-corrected chi connectivity index (χ3v) is 2.35. The smallest absolute Gasteiger partial charge is 0.0683 e. The Bertz CT molecular complexity index is 427. The molecule has 0 atom stereocenters. The maximum atomic E-state index is 5.85. The minimum atomic E-state index is 0.532. The first-order chi connectivity index (χ1) is 6.20. The molecule has 2 aromatic rings. The summed E-state index contributed by atoms with van der Waals surface area (Å²) in [5.41, 5.74) is 9.10. The molecule has 0 bridgehead atoms. The first-order valence-corrected chi connectivity index (χ1v) is 4.55. The molecule has 2 heterocycles. The van der Waals surface area contributed by atoms with Crippen molar-refractivity contribution in [3.63, 3.8) is 0 Å². The highest BCUT2D eigenvalue weighted by atomic mass is 14.9. The Morgan fingerprint density at radius 1 is 1.23 bits per heavy atom. The summed E-state index contributed by atoms with van der Waals surface area (Å²) in [5, 5.41) is 0. The van der Waals surface area contributed by atoms with Gasteiger partial charge in [0.25, 0.3) is 0 Å². The number of fused-ring (bicyclic) bond motifs is 1. The fourth-order valence-electron chi connectivity index (χ4n) is 1.65. The van der Waals surface area contributed by atoms with E-state index in [-0.39, 0.29) is 0 Å². The van der Waals surface area contributed by atoms with Crippen LogP contribution in [0.2, 0.25) is 0 Å². The highest BCUT2D eigenvalue weighted by Gasteiger charge is 2.05. The molecule has 0 amide bonds. The van der Waals surface area contributed by atoms with E-state index in [1.165, 1.54) is 5.69 Å². The fourth-order valence-corrected chi connectivity index (χ4v) is 1.65. The van der Waals surface area contributed by atoms with Crippen molar-refractivity contribution in [2.75, 3.05) is 5.73 Å². The van der Waals surface area contributed by atoms with Gasteiger partial charge in [0.05, 0.1) is 11.2 Å². The molecule has 13 heavy (non-hydrogen) atoms. The summed E-state index contributed by atoms with van der Waals surface area (Å²) in [6.45, 7) is 4.37. The van der Waals surface area contributed by atoms with Crippen LogP contribution >= 0.6 is 0 Å². The van der Waals surface area contributed by atoms with Gasteiger partial charge in [-0.1, -0.05) is 13.8 Å². The average molecular weight is 174 g/mol. The standard InChI is InChI=1S/C11H14N2/c1-8(2)10-5-6-11-9(12)4-3-7-13(10)11/h3-8H,12H2,1-2H3. The average Bonchev–Trinajstić information content (AvgIpc) is 2.48. The Hall–Kier alpha value is -1.44. The van der Waals surface area contributed by atoms with Crippen molar-refractivity contribution in [3.05, 3.63) is 36.2 Å². The molecule has 0 fully saturated rings. The maximum absolute atomic E-state index is 5.85. The molecule has 0 saturated heterocycles. The summed E-state index contributed by atoms with van der Waals surface area (Å²) >= 11 is 0. The van der Waals surface area contributed by atoms with E-state index in [1.807, 2.05) is 12.1 Å². The van der Waals surface area contributed by atoms with Crippen molar-refractivity contribution in [1.29, 1.82) is 0 Å². The predicted octanol–water partition coefficient (Wildman–Crippen LogP) is 2.64. The number of pyridine rings is 1. The van der Waals surface area contributed by atoms with Crippen LogP contribution in [-0.2, 0) is 0 Å². The third-order valence-electron chi connectivity index (χ3n) is 2.35. The lowest BCUT2D eigenvalue weighted by Crippen LogP contribution is -1.96. The van der Waals surface area contributed by atoms with Crippen molar-refractivity contribution >= 4 is 11.2 Å². The van der Waals surface area contributed by atoms with E-state index < -0.39 is 0 Å². The second kappa shape index (κ2) is 2.80. The molecule has 0 saturated carbocycles. The van der Waals surface area contributed by atoms with Crippen molar-refractivity contribution in [2.45, 2.75) is 19.8 Å². The highest BCUT2D eigenvalue weighted by Crippen LogP contribution is 2.21. The predicted molar refractivity (Wildman–Crippen MR) is 55.9 cm³/mol. The molecule has 0 spiro atoms. The van der Waals surface area contributed by atoms with E-state index in [1.54, 1.807) is 0 Å². The van der Waals surface area contributed by atoms with Gasteiger partial charge in [-0.25, -0.2) is 0 Å². The summed E-state index contributed by atoms with van der Waals surface area (Å²) < 4.78 is 2.15. The molecule has 2 N–H and O–H groups in total. The van der Waals surface area contributed by atoms with Crippen LogP contribution in [0.3, 0.4) is 0 Å². The fraction of sp³-hybridized carbons (Fsp3) is 0.273. The van der Waals surface area contributed by atoms with E-state index >= 15 is 0 Å². The first kappa shape index (κ1) is 8.17. The lowest BCUT2D eigenvalue weighted by molar-refractivity contribution is 0.809. The minimum Gasteiger partial charge on any atom is -0.397 e. The minimum absolute atomic E-state index is 0.532. The molecule has 2 heteroatoms. The van der Waals surface area contributed by atoms with Crippen LogP contribution in [0.1, 0.15) is 25.5 Å². The third kappa shape index (κ3) is 1.18. The number of nitrogens with zero attached hydrogens (tertiary/aromatic N) is 1.